The van der Waals surface area contributed by atoms with Gasteiger partial charge in [0, 0.05) is 10.9 Å². The monoisotopic (exact) mass is 479 g/mol. The smallest absolute Gasteiger partial charge is 0.416 e. The highest BCUT2D eigenvalue weighted by atomic mass is 32.2. The lowest BCUT2D eigenvalue weighted by molar-refractivity contribution is -0.163. The van der Waals surface area contributed by atoms with Crippen LogP contribution in [-0.4, -0.2) is 24.1 Å². The Bertz CT molecular complexity index is 966. The van der Waals surface area contributed by atoms with E-state index in [1.807, 2.05) is 13.8 Å². The molecule has 0 amide bonds. The summed E-state index contributed by atoms with van der Waals surface area (Å²) in [5.41, 5.74) is 1.03. The first-order valence-corrected chi connectivity index (χ1v) is 13.1. The molecular weight excluding hydrogens is 449 g/mol. The van der Waals surface area contributed by atoms with Gasteiger partial charge in [-0.2, -0.15) is 13.2 Å². The molecule has 0 radical (unpaired) electrons. The van der Waals surface area contributed by atoms with Crippen LogP contribution in [0.15, 0.2) is 41.3 Å². The molecule has 2 fully saturated rings. The van der Waals surface area contributed by atoms with Gasteiger partial charge in [0.2, 0.25) is 0 Å². The van der Waals surface area contributed by atoms with E-state index in [0.29, 0.717) is 35.0 Å². The molecule has 0 atom stereocenters. The number of hydrogen-bond donors (Lipinski definition) is 0. The molecule has 1 heterocycles. The minimum atomic E-state index is -4.39. The maximum atomic E-state index is 12.9. The van der Waals surface area contributed by atoms with Crippen molar-refractivity contribution in [2.24, 2.45) is 0 Å². The molecule has 0 spiro atoms. The lowest BCUT2D eigenvalue weighted by atomic mass is 9.91. The van der Waals surface area contributed by atoms with Crippen molar-refractivity contribution in [2.45, 2.75) is 69.0 Å². The zero-order valence-electron chi connectivity index (χ0n) is 19.1. The Balaban J connectivity index is 1.44. The molecule has 4 rings (SSSR count). The van der Waals surface area contributed by atoms with Gasteiger partial charge in [-0.05, 0) is 93.3 Å². The Morgan fingerprint density at radius 2 is 1.55 bits per heavy atom. The van der Waals surface area contributed by atoms with E-state index in [9.17, 15) is 18.0 Å². The molecule has 7 heteroatoms. The van der Waals surface area contributed by atoms with Gasteiger partial charge in [-0.25, -0.2) is 4.79 Å². The summed E-state index contributed by atoms with van der Waals surface area (Å²) >= 11 is 0. The SMILES string of the molecule is Cc1cc([S+]2CCCC2)cc(C)c1OCC(=O)OC1(c2ccc(C(F)(F)F)cc2)CCCC1. The third-order valence-electron chi connectivity index (χ3n) is 6.59. The van der Waals surface area contributed by atoms with E-state index in [1.165, 1.54) is 41.4 Å². The summed E-state index contributed by atoms with van der Waals surface area (Å²) < 4.78 is 50.6. The Labute approximate surface area is 196 Å². The lowest BCUT2D eigenvalue weighted by Gasteiger charge is -2.30. The molecule has 33 heavy (non-hydrogen) atoms. The molecule has 0 bridgehead atoms. The first-order chi connectivity index (χ1) is 15.7. The predicted octanol–water partition coefficient (Wildman–Crippen LogP) is 6.48. The number of rotatable bonds is 6. The Morgan fingerprint density at radius 3 is 2.09 bits per heavy atom. The molecule has 0 unspecified atom stereocenters. The Kier molecular flexibility index (Phi) is 6.99. The van der Waals surface area contributed by atoms with Crippen LogP contribution in [0.3, 0.4) is 0 Å². The van der Waals surface area contributed by atoms with E-state index >= 15 is 0 Å². The van der Waals surface area contributed by atoms with Crippen LogP contribution in [0.2, 0.25) is 0 Å². The third-order valence-corrected chi connectivity index (χ3v) is 9.06. The van der Waals surface area contributed by atoms with Crippen molar-refractivity contribution in [2.75, 3.05) is 18.1 Å². The van der Waals surface area contributed by atoms with Crippen molar-refractivity contribution in [3.05, 3.63) is 58.7 Å². The minimum absolute atomic E-state index is 0.227. The zero-order valence-corrected chi connectivity index (χ0v) is 19.9. The second kappa shape index (κ2) is 9.61. The van der Waals surface area contributed by atoms with E-state index in [-0.39, 0.29) is 6.61 Å². The highest BCUT2D eigenvalue weighted by Gasteiger charge is 2.40. The summed E-state index contributed by atoms with van der Waals surface area (Å²) in [5.74, 6) is 2.69. The minimum Gasteiger partial charge on any atom is -0.481 e. The summed E-state index contributed by atoms with van der Waals surface area (Å²) in [6.45, 7) is 3.77. The van der Waals surface area contributed by atoms with Gasteiger partial charge in [-0.3, -0.25) is 0 Å². The second-order valence-corrected chi connectivity index (χ2v) is 11.3. The molecule has 0 N–H and O–H groups in total. The number of aryl methyl sites for hydroxylation is 2. The Hall–Kier alpha value is -2.15. The zero-order chi connectivity index (χ0) is 23.6. The molecule has 1 aliphatic heterocycles. The maximum absolute atomic E-state index is 12.9. The molecule has 2 aliphatic rings. The quantitative estimate of drug-likeness (QED) is 0.351. The van der Waals surface area contributed by atoms with E-state index in [2.05, 4.69) is 12.1 Å². The van der Waals surface area contributed by atoms with Crippen LogP contribution >= 0.6 is 0 Å². The molecular formula is C26H30F3O3S+. The number of alkyl halides is 3. The lowest BCUT2D eigenvalue weighted by Crippen LogP contribution is -2.32. The van der Waals surface area contributed by atoms with Crippen LogP contribution in [0, 0.1) is 13.8 Å². The van der Waals surface area contributed by atoms with Crippen LogP contribution in [-0.2, 0) is 32.2 Å². The van der Waals surface area contributed by atoms with Crippen molar-refractivity contribution in [1.82, 2.24) is 0 Å². The van der Waals surface area contributed by atoms with Gasteiger partial charge >= 0.3 is 12.1 Å². The topological polar surface area (TPSA) is 35.5 Å². The van der Waals surface area contributed by atoms with Crippen molar-refractivity contribution in [3.63, 3.8) is 0 Å². The van der Waals surface area contributed by atoms with Crippen LogP contribution < -0.4 is 4.74 Å². The van der Waals surface area contributed by atoms with Gasteiger partial charge in [-0.15, -0.1) is 0 Å². The fourth-order valence-electron chi connectivity index (χ4n) is 4.93. The van der Waals surface area contributed by atoms with Crippen molar-refractivity contribution < 1.29 is 27.4 Å². The van der Waals surface area contributed by atoms with Gasteiger partial charge in [0.15, 0.2) is 11.5 Å². The average molecular weight is 480 g/mol. The van der Waals surface area contributed by atoms with Gasteiger partial charge in [0.05, 0.1) is 5.56 Å². The molecule has 178 valence electrons. The highest BCUT2D eigenvalue weighted by molar-refractivity contribution is 7.97. The maximum Gasteiger partial charge on any atom is 0.416 e. The molecule has 1 saturated carbocycles. The van der Waals surface area contributed by atoms with Gasteiger partial charge in [-0.1, -0.05) is 12.1 Å². The van der Waals surface area contributed by atoms with Gasteiger partial charge < -0.3 is 9.47 Å². The molecule has 2 aromatic rings. The summed E-state index contributed by atoms with van der Waals surface area (Å²) in [7, 11) is 0.313. The first-order valence-electron chi connectivity index (χ1n) is 11.5. The normalized spacial score (nSPS) is 18.5. The summed E-state index contributed by atoms with van der Waals surface area (Å²) in [6.07, 6.45) is 1.08. The van der Waals surface area contributed by atoms with E-state index < -0.39 is 23.3 Å². The molecule has 1 saturated heterocycles. The molecule has 1 aliphatic carbocycles. The van der Waals surface area contributed by atoms with Crippen molar-refractivity contribution in [1.29, 1.82) is 0 Å². The largest absolute Gasteiger partial charge is 0.481 e. The van der Waals surface area contributed by atoms with Crippen LogP contribution in [0.25, 0.3) is 0 Å². The summed E-state index contributed by atoms with van der Waals surface area (Å²) in [5, 5.41) is 0. The first kappa shape index (κ1) is 24.0. The van der Waals surface area contributed by atoms with Gasteiger partial charge in [0.25, 0.3) is 0 Å². The van der Waals surface area contributed by atoms with Crippen molar-refractivity contribution >= 4 is 16.9 Å². The van der Waals surface area contributed by atoms with Crippen LogP contribution in [0.1, 0.15) is 60.8 Å². The second-order valence-electron chi connectivity index (χ2n) is 9.03. The number of hydrogen-bond acceptors (Lipinski definition) is 3. The standard InChI is InChI=1S/C26H30F3O3S/c1-18-15-22(33-13-5-6-14-33)16-19(2)24(18)31-17-23(30)32-25(11-3-4-12-25)20-7-9-21(10-8-20)26(27,28)29/h7-10,15-16H,3-6,11-14,17H2,1-2H3/q+1. The van der Waals surface area contributed by atoms with Gasteiger partial charge in [0.1, 0.15) is 22.9 Å². The van der Waals surface area contributed by atoms with E-state index in [0.717, 1.165) is 36.1 Å². The fourth-order valence-corrected chi connectivity index (χ4v) is 7.40. The van der Waals surface area contributed by atoms with E-state index in [4.69, 9.17) is 9.47 Å². The summed E-state index contributed by atoms with van der Waals surface area (Å²) in [4.78, 5) is 14.1. The van der Waals surface area contributed by atoms with E-state index in [1.54, 1.807) is 0 Å². The number of carbonyl (C=O) groups is 1. The predicted molar refractivity (Wildman–Crippen MR) is 124 cm³/mol. The molecule has 2 aromatic carbocycles. The number of carbonyl (C=O) groups excluding carboxylic acids is 1. The fraction of sp³-hybridized carbons (Fsp3) is 0.500. The number of esters is 1. The van der Waals surface area contributed by atoms with Crippen molar-refractivity contribution in [3.8, 4) is 5.75 Å². The molecule has 3 nitrogen and oxygen atoms in total. The number of benzene rings is 2. The van der Waals surface area contributed by atoms with Crippen LogP contribution in [0.4, 0.5) is 13.2 Å². The number of halogens is 3. The number of ether oxygens (including phenoxy) is 2. The molecule has 0 aromatic heterocycles. The Morgan fingerprint density at radius 1 is 0.970 bits per heavy atom. The highest BCUT2D eigenvalue weighted by Crippen LogP contribution is 2.43. The summed E-state index contributed by atoms with van der Waals surface area (Å²) in [6, 6.07) is 9.31. The average Bonchev–Trinajstić information content (AvgIpc) is 3.45. The van der Waals surface area contributed by atoms with Crippen LogP contribution in [0.5, 0.6) is 5.75 Å². The third kappa shape index (κ3) is 5.34.